The zero-order valence-electron chi connectivity index (χ0n) is 8.97. The molecule has 1 rings (SSSR count). The Morgan fingerprint density at radius 1 is 1.59 bits per heavy atom. The molecule has 1 heterocycles. The monoisotopic (exact) mass is 241 g/mol. The van der Waals surface area contributed by atoms with Crippen molar-refractivity contribution < 1.29 is 19.6 Å². The summed E-state index contributed by atoms with van der Waals surface area (Å²) in [6.45, 7) is 1.61. The Bertz CT molecular complexity index is 453. The Hall–Kier alpha value is -2.38. The molecule has 92 valence electrons. The van der Waals surface area contributed by atoms with Crippen LogP contribution in [0, 0.1) is 10.1 Å². The van der Waals surface area contributed by atoms with Crippen LogP contribution in [-0.4, -0.2) is 32.9 Å². The molecule has 0 fully saturated rings. The number of carbonyl (C=O) groups excluding carboxylic acids is 1. The standard InChI is InChI=1S/C9H11N3O5/c1-2-5(9(14)15)11-8(13)6-3-4-7(10-6)12(16)17/h3-5,10H,2H2,1H3,(H,11,13)(H,14,15)/t5-/m0/s1. The van der Waals surface area contributed by atoms with Gasteiger partial charge in [0.05, 0.1) is 0 Å². The fourth-order valence-corrected chi connectivity index (χ4v) is 1.20. The van der Waals surface area contributed by atoms with Crippen LogP contribution < -0.4 is 5.32 Å². The molecule has 0 aliphatic rings. The Morgan fingerprint density at radius 2 is 2.24 bits per heavy atom. The van der Waals surface area contributed by atoms with Crippen molar-refractivity contribution in [3.8, 4) is 0 Å². The van der Waals surface area contributed by atoms with Gasteiger partial charge in [0.1, 0.15) is 6.04 Å². The lowest BCUT2D eigenvalue weighted by Crippen LogP contribution is -2.40. The van der Waals surface area contributed by atoms with Gasteiger partial charge in [0, 0.05) is 6.07 Å². The van der Waals surface area contributed by atoms with Crippen molar-refractivity contribution in [1.82, 2.24) is 10.3 Å². The first kappa shape index (κ1) is 12.7. The number of aromatic amines is 1. The van der Waals surface area contributed by atoms with E-state index in [2.05, 4.69) is 10.3 Å². The molecule has 0 saturated heterocycles. The van der Waals surface area contributed by atoms with Crippen LogP contribution in [0.15, 0.2) is 12.1 Å². The van der Waals surface area contributed by atoms with Gasteiger partial charge in [0.25, 0.3) is 5.91 Å². The van der Waals surface area contributed by atoms with Crippen LogP contribution in [0.5, 0.6) is 0 Å². The molecule has 0 unspecified atom stereocenters. The van der Waals surface area contributed by atoms with Crippen molar-refractivity contribution in [2.45, 2.75) is 19.4 Å². The Morgan fingerprint density at radius 3 is 2.65 bits per heavy atom. The van der Waals surface area contributed by atoms with Gasteiger partial charge in [-0.2, -0.15) is 0 Å². The predicted octanol–water partition coefficient (Wildman–Crippen LogP) is 0.516. The lowest BCUT2D eigenvalue weighted by Gasteiger charge is -2.09. The van der Waals surface area contributed by atoms with Crippen molar-refractivity contribution in [3.63, 3.8) is 0 Å². The zero-order chi connectivity index (χ0) is 13.0. The molecule has 1 atom stereocenters. The highest BCUT2D eigenvalue weighted by Crippen LogP contribution is 2.10. The Kier molecular flexibility index (Phi) is 3.81. The Balaban J connectivity index is 2.75. The molecule has 0 aliphatic heterocycles. The fraction of sp³-hybridized carbons (Fsp3) is 0.333. The molecule has 1 amide bonds. The lowest BCUT2D eigenvalue weighted by molar-refractivity contribution is -0.389. The SMILES string of the molecule is CC[C@H](NC(=O)c1ccc([N+](=O)[O-])[nH]1)C(=O)O. The number of aromatic nitrogens is 1. The van der Waals surface area contributed by atoms with Gasteiger partial charge in [-0.25, -0.2) is 9.78 Å². The molecule has 1 aromatic heterocycles. The number of carboxylic acids is 1. The van der Waals surface area contributed by atoms with E-state index in [9.17, 15) is 19.7 Å². The Labute approximate surface area is 95.8 Å². The number of amides is 1. The van der Waals surface area contributed by atoms with E-state index in [0.717, 1.165) is 6.07 Å². The predicted molar refractivity (Wildman–Crippen MR) is 56.6 cm³/mol. The molecule has 0 spiro atoms. The molecule has 8 nitrogen and oxygen atoms in total. The van der Waals surface area contributed by atoms with Gasteiger partial charge < -0.3 is 20.5 Å². The van der Waals surface area contributed by atoms with E-state index in [4.69, 9.17) is 5.11 Å². The fourth-order valence-electron chi connectivity index (χ4n) is 1.20. The summed E-state index contributed by atoms with van der Waals surface area (Å²) in [6.07, 6.45) is 0.226. The minimum Gasteiger partial charge on any atom is -0.480 e. The summed E-state index contributed by atoms with van der Waals surface area (Å²) >= 11 is 0. The molecule has 0 saturated carbocycles. The van der Waals surface area contributed by atoms with Crippen LogP contribution in [0.2, 0.25) is 0 Å². The highest BCUT2D eigenvalue weighted by molar-refractivity contribution is 5.95. The van der Waals surface area contributed by atoms with E-state index in [-0.39, 0.29) is 17.9 Å². The van der Waals surface area contributed by atoms with Crippen molar-refractivity contribution in [1.29, 1.82) is 0 Å². The van der Waals surface area contributed by atoms with E-state index in [1.165, 1.54) is 6.07 Å². The number of nitrogens with one attached hydrogen (secondary N) is 2. The average molecular weight is 241 g/mol. The first-order valence-corrected chi connectivity index (χ1v) is 4.82. The van der Waals surface area contributed by atoms with E-state index in [1.807, 2.05) is 0 Å². The summed E-state index contributed by atoms with van der Waals surface area (Å²) in [7, 11) is 0. The molecule has 3 N–H and O–H groups in total. The number of nitrogens with zero attached hydrogens (tertiary/aromatic N) is 1. The third-order valence-electron chi connectivity index (χ3n) is 2.12. The molecule has 8 heteroatoms. The molecular weight excluding hydrogens is 230 g/mol. The van der Waals surface area contributed by atoms with E-state index in [0.29, 0.717) is 0 Å². The molecule has 17 heavy (non-hydrogen) atoms. The van der Waals surface area contributed by atoms with Crippen LogP contribution in [-0.2, 0) is 4.79 Å². The number of hydrogen-bond acceptors (Lipinski definition) is 4. The van der Waals surface area contributed by atoms with E-state index in [1.54, 1.807) is 6.92 Å². The molecular formula is C9H11N3O5. The van der Waals surface area contributed by atoms with Gasteiger partial charge in [0.15, 0.2) is 5.69 Å². The second-order valence-corrected chi connectivity index (χ2v) is 3.29. The van der Waals surface area contributed by atoms with Gasteiger partial charge in [-0.1, -0.05) is 6.92 Å². The maximum atomic E-state index is 11.5. The normalized spacial score (nSPS) is 11.8. The lowest BCUT2D eigenvalue weighted by atomic mass is 10.2. The van der Waals surface area contributed by atoms with Crippen LogP contribution in [0.4, 0.5) is 5.82 Å². The first-order valence-electron chi connectivity index (χ1n) is 4.82. The van der Waals surface area contributed by atoms with Crippen molar-refractivity contribution in [3.05, 3.63) is 27.9 Å². The zero-order valence-corrected chi connectivity index (χ0v) is 8.97. The highest BCUT2D eigenvalue weighted by Gasteiger charge is 2.21. The van der Waals surface area contributed by atoms with Crippen LogP contribution in [0.3, 0.4) is 0 Å². The maximum Gasteiger partial charge on any atom is 0.326 e. The van der Waals surface area contributed by atoms with Gasteiger partial charge in [-0.3, -0.25) is 4.79 Å². The molecule has 0 radical (unpaired) electrons. The number of nitro groups is 1. The van der Waals surface area contributed by atoms with Crippen LogP contribution in [0.1, 0.15) is 23.8 Å². The number of aliphatic carboxylic acids is 1. The van der Waals surface area contributed by atoms with Crippen molar-refractivity contribution in [2.75, 3.05) is 0 Å². The summed E-state index contributed by atoms with van der Waals surface area (Å²) < 4.78 is 0. The van der Waals surface area contributed by atoms with Gasteiger partial charge in [-0.05, 0) is 17.4 Å². The minimum atomic E-state index is -1.15. The second-order valence-electron chi connectivity index (χ2n) is 3.29. The van der Waals surface area contributed by atoms with Gasteiger partial charge in [0.2, 0.25) is 0 Å². The van der Waals surface area contributed by atoms with Crippen molar-refractivity contribution in [2.24, 2.45) is 0 Å². The molecule has 0 bridgehead atoms. The molecule has 0 aromatic carbocycles. The number of carbonyl (C=O) groups is 2. The first-order chi connectivity index (χ1) is 7.95. The molecule has 0 aliphatic carbocycles. The minimum absolute atomic E-state index is 0.0450. The third-order valence-corrected chi connectivity index (χ3v) is 2.12. The highest BCUT2D eigenvalue weighted by atomic mass is 16.6. The summed E-state index contributed by atoms with van der Waals surface area (Å²) in [5, 5.41) is 21.3. The number of H-pyrrole nitrogens is 1. The third kappa shape index (κ3) is 3.03. The number of rotatable bonds is 5. The summed E-state index contributed by atoms with van der Waals surface area (Å²) in [5.74, 6) is -2.16. The second kappa shape index (κ2) is 5.10. The van der Waals surface area contributed by atoms with E-state index >= 15 is 0 Å². The number of hydrogen-bond donors (Lipinski definition) is 3. The quantitative estimate of drug-likeness (QED) is 0.511. The van der Waals surface area contributed by atoms with Crippen LogP contribution >= 0.6 is 0 Å². The molecule has 1 aromatic rings. The summed E-state index contributed by atoms with van der Waals surface area (Å²) in [4.78, 5) is 34.2. The largest absolute Gasteiger partial charge is 0.480 e. The summed E-state index contributed by atoms with van der Waals surface area (Å²) in [6, 6.07) is 1.35. The van der Waals surface area contributed by atoms with Crippen molar-refractivity contribution >= 4 is 17.7 Å². The maximum absolute atomic E-state index is 11.5. The smallest absolute Gasteiger partial charge is 0.326 e. The van der Waals surface area contributed by atoms with Gasteiger partial charge >= 0.3 is 11.8 Å². The topological polar surface area (TPSA) is 125 Å². The summed E-state index contributed by atoms with van der Waals surface area (Å²) in [5.41, 5.74) is -0.0450. The van der Waals surface area contributed by atoms with Gasteiger partial charge in [-0.15, -0.1) is 0 Å². The number of carboxylic acid groups (broad SMARTS) is 1. The average Bonchev–Trinajstić information content (AvgIpc) is 2.74. The van der Waals surface area contributed by atoms with Crippen LogP contribution in [0.25, 0.3) is 0 Å². The van der Waals surface area contributed by atoms with E-state index < -0.39 is 22.8 Å².